The Labute approximate surface area is 92.0 Å². The second-order valence-corrected chi connectivity index (χ2v) is 3.46. The summed E-state index contributed by atoms with van der Waals surface area (Å²) in [5.74, 6) is -3.57. The van der Waals surface area contributed by atoms with Crippen molar-refractivity contribution in [1.82, 2.24) is 0 Å². The van der Waals surface area contributed by atoms with Gasteiger partial charge in [-0.15, -0.1) is 0 Å². The van der Waals surface area contributed by atoms with E-state index >= 15 is 0 Å². The predicted molar refractivity (Wildman–Crippen MR) is 57.5 cm³/mol. The molecule has 0 aromatic heterocycles. The van der Waals surface area contributed by atoms with Gasteiger partial charge in [0.2, 0.25) is 0 Å². The lowest BCUT2D eigenvalue weighted by Gasteiger charge is -2.17. The Morgan fingerprint density at radius 1 is 0.812 bits per heavy atom. The zero-order chi connectivity index (χ0) is 11.6. The number of phenols is 1. The molecular weight excluding hydrogens is 210 g/mol. The number of halogens is 2. The zero-order valence-electron chi connectivity index (χ0n) is 8.40. The topological polar surface area (TPSA) is 20.2 Å². The number of benzene rings is 2. The van der Waals surface area contributed by atoms with Gasteiger partial charge in [0.05, 0.1) is 5.56 Å². The lowest BCUT2D eigenvalue weighted by molar-refractivity contribution is 0.0403. The van der Waals surface area contributed by atoms with E-state index in [2.05, 4.69) is 0 Å². The van der Waals surface area contributed by atoms with Crippen LogP contribution in [0.4, 0.5) is 8.78 Å². The van der Waals surface area contributed by atoms with E-state index in [0.29, 0.717) is 0 Å². The molecule has 0 aliphatic carbocycles. The number of para-hydroxylation sites is 1. The van der Waals surface area contributed by atoms with Crippen LogP contribution < -0.4 is 0 Å². The average Bonchev–Trinajstić information content (AvgIpc) is 2.30. The maximum atomic E-state index is 14.0. The Balaban J connectivity index is 2.51. The highest BCUT2D eigenvalue weighted by Gasteiger charge is 2.35. The molecule has 1 N–H and O–H groups in total. The van der Waals surface area contributed by atoms with E-state index in [1.54, 1.807) is 18.2 Å². The summed E-state index contributed by atoms with van der Waals surface area (Å²) < 4.78 is 28.0. The van der Waals surface area contributed by atoms with Crippen molar-refractivity contribution >= 4 is 0 Å². The number of hydrogen-bond acceptors (Lipinski definition) is 1. The number of hydrogen-bond donors (Lipinski definition) is 1. The third kappa shape index (κ3) is 1.76. The van der Waals surface area contributed by atoms with Crippen LogP contribution >= 0.6 is 0 Å². The van der Waals surface area contributed by atoms with Gasteiger partial charge in [-0.05, 0) is 12.1 Å². The second-order valence-electron chi connectivity index (χ2n) is 3.46. The van der Waals surface area contributed by atoms with Crippen LogP contribution in [0.3, 0.4) is 0 Å². The van der Waals surface area contributed by atoms with Gasteiger partial charge in [0, 0.05) is 5.56 Å². The summed E-state index contributed by atoms with van der Waals surface area (Å²) in [7, 11) is 0. The van der Waals surface area contributed by atoms with Crippen molar-refractivity contribution in [1.29, 1.82) is 0 Å². The Morgan fingerprint density at radius 2 is 1.38 bits per heavy atom. The molecule has 0 aliphatic heterocycles. The van der Waals surface area contributed by atoms with E-state index in [0.717, 1.165) is 0 Å². The first-order valence-electron chi connectivity index (χ1n) is 4.84. The fourth-order valence-corrected chi connectivity index (χ4v) is 1.54. The van der Waals surface area contributed by atoms with Crippen LogP contribution in [0, 0.1) is 0 Å². The van der Waals surface area contributed by atoms with Gasteiger partial charge in [-0.1, -0.05) is 42.5 Å². The van der Waals surface area contributed by atoms with Crippen LogP contribution in [0.15, 0.2) is 54.6 Å². The van der Waals surface area contributed by atoms with Gasteiger partial charge in [0.15, 0.2) is 0 Å². The molecule has 82 valence electrons. The van der Waals surface area contributed by atoms with E-state index < -0.39 is 11.7 Å². The fourth-order valence-electron chi connectivity index (χ4n) is 1.54. The molecular formula is C13H10F2O. The lowest BCUT2D eigenvalue weighted by atomic mass is 10.00. The molecule has 0 heterocycles. The monoisotopic (exact) mass is 220 g/mol. The van der Waals surface area contributed by atoms with Gasteiger partial charge in [0.25, 0.3) is 0 Å². The van der Waals surface area contributed by atoms with Crippen LogP contribution in [0.2, 0.25) is 0 Å². The van der Waals surface area contributed by atoms with Crippen molar-refractivity contribution in [2.45, 2.75) is 5.92 Å². The molecule has 0 amide bonds. The maximum absolute atomic E-state index is 14.0. The van der Waals surface area contributed by atoms with E-state index in [1.807, 2.05) is 0 Å². The van der Waals surface area contributed by atoms with Crippen molar-refractivity contribution in [3.8, 4) is 5.75 Å². The van der Waals surface area contributed by atoms with Crippen molar-refractivity contribution in [3.63, 3.8) is 0 Å². The first kappa shape index (κ1) is 10.6. The maximum Gasteiger partial charge on any atom is 0.302 e. The minimum Gasteiger partial charge on any atom is -0.507 e. The molecule has 3 heteroatoms. The molecule has 2 rings (SSSR count). The number of phenolic OH excluding ortho intramolecular Hbond substituents is 1. The number of rotatable bonds is 2. The molecule has 0 saturated carbocycles. The normalized spacial score (nSPS) is 11.4. The Bertz CT molecular complexity index is 480. The quantitative estimate of drug-likeness (QED) is 0.820. The second kappa shape index (κ2) is 3.93. The minimum absolute atomic E-state index is 0.128. The highest BCUT2D eigenvalue weighted by Crippen LogP contribution is 2.39. The molecule has 0 saturated heterocycles. The van der Waals surface area contributed by atoms with E-state index in [9.17, 15) is 13.9 Å². The summed E-state index contributed by atoms with van der Waals surface area (Å²) in [4.78, 5) is 0. The summed E-state index contributed by atoms with van der Waals surface area (Å²) in [5.41, 5.74) is -0.502. The van der Waals surface area contributed by atoms with Crippen LogP contribution in [-0.2, 0) is 5.92 Å². The largest absolute Gasteiger partial charge is 0.507 e. The molecule has 0 atom stereocenters. The summed E-state index contributed by atoms with van der Waals surface area (Å²) in [6, 6.07) is 12.9. The number of aromatic hydroxyl groups is 1. The highest BCUT2D eigenvalue weighted by molar-refractivity contribution is 5.41. The Morgan fingerprint density at radius 3 is 2.00 bits per heavy atom. The van der Waals surface area contributed by atoms with Gasteiger partial charge < -0.3 is 5.11 Å². The van der Waals surface area contributed by atoms with Crippen LogP contribution in [-0.4, -0.2) is 5.11 Å². The van der Waals surface area contributed by atoms with Gasteiger partial charge >= 0.3 is 5.92 Å². The van der Waals surface area contributed by atoms with E-state index in [4.69, 9.17) is 0 Å². The third-order valence-electron chi connectivity index (χ3n) is 2.38. The predicted octanol–water partition coefficient (Wildman–Crippen LogP) is 3.53. The van der Waals surface area contributed by atoms with Gasteiger partial charge in [-0.25, -0.2) is 0 Å². The Hall–Kier alpha value is -1.90. The molecule has 2 aromatic rings. The Kier molecular flexibility index (Phi) is 2.60. The van der Waals surface area contributed by atoms with Gasteiger partial charge in [-0.3, -0.25) is 0 Å². The van der Waals surface area contributed by atoms with Crippen LogP contribution in [0.25, 0.3) is 0 Å². The minimum atomic E-state index is -3.17. The summed E-state index contributed by atoms with van der Waals surface area (Å²) in [5, 5.41) is 9.43. The molecule has 16 heavy (non-hydrogen) atoms. The SMILES string of the molecule is Oc1ccccc1C(F)(F)c1ccccc1. The molecule has 2 aromatic carbocycles. The van der Waals surface area contributed by atoms with Crippen molar-refractivity contribution in [2.75, 3.05) is 0 Å². The summed E-state index contributed by atoms with van der Waals surface area (Å²) >= 11 is 0. The summed E-state index contributed by atoms with van der Waals surface area (Å²) in [6.07, 6.45) is 0. The van der Waals surface area contributed by atoms with Crippen LogP contribution in [0.5, 0.6) is 5.75 Å². The fraction of sp³-hybridized carbons (Fsp3) is 0.0769. The molecule has 0 radical (unpaired) electrons. The smallest absolute Gasteiger partial charge is 0.302 e. The standard InChI is InChI=1S/C13H10F2O/c14-13(15,10-6-2-1-3-7-10)11-8-4-5-9-12(11)16/h1-9,16H. The molecule has 1 nitrogen and oxygen atoms in total. The molecule has 0 aliphatic rings. The first-order chi connectivity index (χ1) is 7.62. The molecule has 0 unspecified atom stereocenters. The molecule has 0 spiro atoms. The van der Waals surface area contributed by atoms with Crippen molar-refractivity contribution < 1.29 is 13.9 Å². The molecule has 0 bridgehead atoms. The summed E-state index contributed by atoms with van der Waals surface area (Å²) in [6.45, 7) is 0. The zero-order valence-corrected chi connectivity index (χ0v) is 8.40. The van der Waals surface area contributed by atoms with E-state index in [-0.39, 0.29) is 11.1 Å². The van der Waals surface area contributed by atoms with Gasteiger partial charge in [0.1, 0.15) is 5.75 Å². The first-order valence-corrected chi connectivity index (χ1v) is 4.84. The molecule has 0 fully saturated rings. The third-order valence-corrected chi connectivity index (χ3v) is 2.38. The van der Waals surface area contributed by atoms with E-state index in [1.165, 1.54) is 36.4 Å². The average molecular weight is 220 g/mol. The van der Waals surface area contributed by atoms with Crippen molar-refractivity contribution in [2.24, 2.45) is 0 Å². The van der Waals surface area contributed by atoms with Crippen LogP contribution in [0.1, 0.15) is 11.1 Å². The highest BCUT2D eigenvalue weighted by atomic mass is 19.3. The number of alkyl halides is 2. The van der Waals surface area contributed by atoms with Gasteiger partial charge in [-0.2, -0.15) is 8.78 Å². The lowest BCUT2D eigenvalue weighted by Crippen LogP contribution is -2.15. The van der Waals surface area contributed by atoms with Crippen molar-refractivity contribution in [3.05, 3.63) is 65.7 Å².